The number of aromatic nitrogens is 1. The Kier molecular flexibility index (Phi) is 8.32. The Bertz CT molecular complexity index is 1280. The topological polar surface area (TPSA) is 52.5 Å². The van der Waals surface area contributed by atoms with Gasteiger partial charge in [-0.05, 0) is 65.6 Å². The highest BCUT2D eigenvalue weighted by Gasteiger charge is 2.14. The van der Waals surface area contributed by atoms with Crippen molar-refractivity contribution < 1.29 is 14.3 Å². The van der Waals surface area contributed by atoms with Crippen molar-refractivity contribution in [3.63, 3.8) is 0 Å². The minimum atomic E-state index is 0.0322. The predicted octanol–water partition coefficient (Wildman–Crippen LogP) is 6.39. The number of benzene rings is 3. The van der Waals surface area contributed by atoms with Crippen LogP contribution < -0.4 is 14.8 Å². The van der Waals surface area contributed by atoms with E-state index < -0.39 is 0 Å². The molecule has 1 amide bonds. The number of halogens is 1. The SMILES string of the molecule is CCCCNC(=O)Cc1cn(Cc2cccc(Cl)c2)c2ccc(OCc3ccc(OC)cc3)cc12. The van der Waals surface area contributed by atoms with Crippen molar-refractivity contribution in [1.29, 1.82) is 0 Å². The molecule has 0 unspecified atom stereocenters. The molecular weight excluding hydrogens is 460 g/mol. The molecule has 0 saturated heterocycles. The second-order valence-electron chi connectivity index (χ2n) is 8.61. The molecule has 1 aromatic heterocycles. The first-order valence-corrected chi connectivity index (χ1v) is 12.3. The molecule has 0 saturated carbocycles. The molecule has 0 fully saturated rings. The molecule has 6 heteroatoms. The van der Waals surface area contributed by atoms with E-state index in [0.717, 1.165) is 51.9 Å². The van der Waals surface area contributed by atoms with Crippen LogP contribution in [0.1, 0.15) is 36.5 Å². The summed E-state index contributed by atoms with van der Waals surface area (Å²) >= 11 is 6.20. The zero-order valence-electron chi connectivity index (χ0n) is 20.2. The number of nitrogens with one attached hydrogen (secondary N) is 1. The quantitative estimate of drug-likeness (QED) is 0.248. The van der Waals surface area contributed by atoms with Crippen LogP contribution in [-0.4, -0.2) is 24.1 Å². The first-order valence-electron chi connectivity index (χ1n) is 11.9. The van der Waals surface area contributed by atoms with E-state index in [1.165, 1.54) is 0 Å². The summed E-state index contributed by atoms with van der Waals surface area (Å²) in [6, 6.07) is 21.7. The third kappa shape index (κ3) is 6.58. The number of methoxy groups -OCH3 is 1. The lowest BCUT2D eigenvalue weighted by Gasteiger charge is -2.09. The number of rotatable bonds is 11. The van der Waals surface area contributed by atoms with Crippen LogP contribution in [0.25, 0.3) is 10.9 Å². The molecule has 0 aliphatic rings. The van der Waals surface area contributed by atoms with Crippen LogP contribution in [0.4, 0.5) is 0 Å². The van der Waals surface area contributed by atoms with Crippen molar-refractivity contribution in [3.8, 4) is 11.5 Å². The lowest BCUT2D eigenvalue weighted by molar-refractivity contribution is -0.120. The number of amides is 1. The van der Waals surface area contributed by atoms with E-state index in [-0.39, 0.29) is 5.91 Å². The Hall–Kier alpha value is -3.44. The average Bonchev–Trinajstić information content (AvgIpc) is 3.19. The fourth-order valence-corrected chi connectivity index (χ4v) is 4.28. The van der Waals surface area contributed by atoms with Gasteiger partial charge in [-0.1, -0.05) is 49.2 Å². The number of ether oxygens (including phenoxy) is 2. The monoisotopic (exact) mass is 490 g/mol. The number of hydrogen-bond donors (Lipinski definition) is 1. The molecule has 4 rings (SSSR count). The van der Waals surface area contributed by atoms with Gasteiger partial charge in [0.2, 0.25) is 5.91 Å². The Balaban J connectivity index is 1.58. The molecule has 3 aromatic carbocycles. The first-order chi connectivity index (χ1) is 17.1. The van der Waals surface area contributed by atoms with Crippen LogP contribution in [0.3, 0.4) is 0 Å². The van der Waals surface area contributed by atoms with Gasteiger partial charge in [0.25, 0.3) is 0 Å². The van der Waals surface area contributed by atoms with Crippen molar-refractivity contribution in [1.82, 2.24) is 9.88 Å². The Morgan fingerprint density at radius 2 is 1.80 bits per heavy atom. The summed E-state index contributed by atoms with van der Waals surface area (Å²) in [6.07, 6.45) is 4.42. The maximum absolute atomic E-state index is 12.6. The van der Waals surface area contributed by atoms with E-state index in [9.17, 15) is 4.79 Å². The number of nitrogens with zero attached hydrogens (tertiary/aromatic N) is 1. The largest absolute Gasteiger partial charge is 0.497 e. The fraction of sp³-hybridized carbons (Fsp3) is 0.276. The Labute approximate surface area is 211 Å². The normalized spacial score (nSPS) is 10.9. The van der Waals surface area contributed by atoms with Crippen LogP contribution in [0.2, 0.25) is 5.02 Å². The smallest absolute Gasteiger partial charge is 0.224 e. The molecule has 5 nitrogen and oxygen atoms in total. The number of unbranched alkanes of at least 4 members (excludes halogenated alkanes) is 1. The van der Waals surface area contributed by atoms with Gasteiger partial charge in [0.1, 0.15) is 18.1 Å². The molecule has 0 aliphatic carbocycles. The summed E-state index contributed by atoms with van der Waals surface area (Å²) in [5, 5.41) is 4.76. The van der Waals surface area contributed by atoms with Gasteiger partial charge in [0, 0.05) is 35.2 Å². The molecule has 1 N–H and O–H groups in total. The molecule has 0 atom stereocenters. The van der Waals surface area contributed by atoms with Gasteiger partial charge in [-0.25, -0.2) is 0 Å². The minimum Gasteiger partial charge on any atom is -0.497 e. The molecule has 1 heterocycles. The van der Waals surface area contributed by atoms with Crippen molar-refractivity contribution >= 4 is 28.4 Å². The van der Waals surface area contributed by atoms with Gasteiger partial charge in [-0.15, -0.1) is 0 Å². The minimum absolute atomic E-state index is 0.0322. The van der Waals surface area contributed by atoms with E-state index >= 15 is 0 Å². The van der Waals surface area contributed by atoms with E-state index in [0.29, 0.717) is 31.1 Å². The molecule has 182 valence electrons. The highest BCUT2D eigenvalue weighted by molar-refractivity contribution is 6.30. The number of carbonyl (C=O) groups is 1. The molecule has 0 radical (unpaired) electrons. The van der Waals surface area contributed by atoms with Crippen molar-refractivity contribution in [2.75, 3.05) is 13.7 Å². The van der Waals surface area contributed by atoms with Crippen LogP contribution >= 0.6 is 11.6 Å². The van der Waals surface area contributed by atoms with Gasteiger partial charge in [-0.2, -0.15) is 0 Å². The second-order valence-corrected chi connectivity index (χ2v) is 9.04. The summed E-state index contributed by atoms with van der Waals surface area (Å²) in [4.78, 5) is 12.6. The van der Waals surface area contributed by atoms with Gasteiger partial charge in [-0.3, -0.25) is 4.79 Å². The lowest BCUT2D eigenvalue weighted by atomic mass is 10.1. The molecule has 0 aliphatic heterocycles. The van der Waals surface area contributed by atoms with E-state index in [1.807, 2.05) is 54.6 Å². The van der Waals surface area contributed by atoms with Crippen molar-refractivity contribution in [2.45, 2.75) is 39.3 Å². The zero-order chi connectivity index (χ0) is 24.6. The standard InChI is InChI=1S/C29H31ClN2O3/c1-3-4-14-31-29(33)16-23-19-32(18-22-6-5-7-24(30)15-22)28-13-12-26(17-27(23)28)35-20-21-8-10-25(34-2)11-9-21/h5-13,15,17,19H,3-4,14,16,18,20H2,1-2H3,(H,31,33). The first kappa shape index (κ1) is 24.7. The third-order valence-electron chi connectivity index (χ3n) is 5.95. The number of carbonyl (C=O) groups excluding carboxylic acids is 1. The predicted molar refractivity (Wildman–Crippen MR) is 141 cm³/mol. The molecule has 35 heavy (non-hydrogen) atoms. The highest BCUT2D eigenvalue weighted by atomic mass is 35.5. The van der Waals surface area contributed by atoms with Gasteiger partial charge < -0.3 is 19.4 Å². The van der Waals surface area contributed by atoms with E-state index in [2.05, 4.69) is 35.1 Å². The summed E-state index contributed by atoms with van der Waals surface area (Å²) < 4.78 is 13.5. The summed E-state index contributed by atoms with van der Waals surface area (Å²) in [6.45, 7) is 3.93. The zero-order valence-corrected chi connectivity index (χ0v) is 21.0. The number of fused-ring (bicyclic) bond motifs is 1. The summed E-state index contributed by atoms with van der Waals surface area (Å²) in [5.41, 5.74) is 4.19. The van der Waals surface area contributed by atoms with Gasteiger partial charge in [0.15, 0.2) is 0 Å². The lowest BCUT2D eigenvalue weighted by Crippen LogP contribution is -2.25. The average molecular weight is 491 g/mol. The maximum Gasteiger partial charge on any atom is 0.224 e. The Morgan fingerprint density at radius 3 is 2.54 bits per heavy atom. The van der Waals surface area contributed by atoms with E-state index in [4.69, 9.17) is 21.1 Å². The maximum atomic E-state index is 12.6. The van der Waals surface area contributed by atoms with E-state index in [1.54, 1.807) is 7.11 Å². The molecule has 4 aromatic rings. The van der Waals surface area contributed by atoms with Crippen LogP contribution in [0.5, 0.6) is 11.5 Å². The molecule has 0 spiro atoms. The third-order valence-corrected chi connectivity index (χ3v) is 6.18. The number of hydrogen-bond acceptors (Lipinski definition) is 3. The summed E-state index contributed by atoms with van der Waals surface area (Å²) in [7, 11) is 1.65. The summed E-state index contributed by atoms with van der Waals surface area (Å²) in [5.74, 6) is 1.62. The van der Waals surface area contributed by atoms with Crippen LogP contribution in [-0.2, 0) is 24.4 Å². The fourth-order valence-electron chi connectivity index (χ4n) is 4.07. The van der Waals surface area contributed by atoms with Crippen LogP contribution in [0, 0.1) is 0 Å². The van der Waals surface area contributed by atoms with Crippen molar-refractivity contribution in [2.24, 2.45) is 0 Å². The molecule has 0 bridgehead atoms. The molecular formula is C29H31ClN2O3. The van der Waals surface area contributed by atoms with Gasteiger partial charge >= 0.3 is 0 Å². The van der Waals surface area contributed by atoms with Crippen LogP contribution in [0.15, 0.2) is 72.9 Å². The van der Waals surface area contributed by atoms with Gasteiger partial charge in [0.05, 0.1) is 13.5 Å². The second kappa shape index (κ2) is 11.8. The Morgan fingerprint density at radius 1 is 1.00 bits per heavy atom. The highest BCUT2D eigenvalue weighted by Crippen LogP contribution is 2.28. The van der Waals surface area contributed by atoms with Crippen molar-refractivity contribution in [3.05, 3.63) is 94.6 Å².